The standard InChI is InChI=1S/C20H32N4O3.HI/c1-4-21-20(22-10-13-24-11-6-5-7-12-24)23-15-16-8-9-18(26-2)17(14-16)19(25)27-3;/h8-9,14H,4-7,10-13,15H2,1-3H3,(H2,21,22,23);1H. The number of hydrogen-bond acceptors (Lipinski definition) is 5. The topological polar surface area (TPSA) is 75.2 Å². The van der Waals surface area contributed by atoms with E-state index < -0.39 is 5.97 Å². The number of aliphatic imine (C=N–C) groups is 1. The Bertz CT molecular complexity index is 634. The third kappa shape index (κ3) is 7.83. The molecule has 1 aromatic rings. The van der Waals surface area contributed by atoms with Crippen LogP contribution in [0.5, 0.6) is 5.75 Å². The van der Waals surface area contributed by atoms with E-state index in [1.54, 1.807) is 12.1 Å². The summed E-state index contributed by atoms with van der Waals surface area (Å²) in [4.78, 5) is 19.0. The van der Waals surface area contributed by atoms with E-state index in [0.29, 0.717) is 17.9 Å². The maximum absolute atomic E-state index is 11.9. The van der Waals surface area contributed by atoms with Gasteiger partial charge in [0.05, 0.1) is 20.8 Å². The van der Waals surface area contributed by atoms with Crippen LogP contribution in [0.1, 0.15) is 42.1 Å². The van der Waals surface area contributed by atoms with Crippen molar-refractivity contribution in [1.29, 1.82) is 0 Å². The summed E-state index contributed by atoms with van der Waals surface area (Å²) in [6.45, 7) is 7.58. The smallest absolute Gasteiger partial charge is 0.341 e. The van der Waals surface area contributed by atoms with Crippen molar-refractivity contribution in [2.24, 2.45) is 4.99 Å². The van der Waals surface area contributed by atoms with Gasteiger partial charge in [0, 0.05) is 19.6 Å². The molecule has 0 aromatic heterocycles. The molecular formula is C20H33IN4O3. The third-order valence-electron chi connectivity index (χ3n) is 4.60. The Hall–Kier alpha value is -1.55. The molecule has 0 saturated carbocycles. The van der Waals surface area contributed by atoms with E-state index in [1.807, 2.05) is 13.0 Å². The Balaban J connectivity index is 0.00000392. The predicted molar refractivity (Wildman–Crippen MR) is 123 cm³/mol. The molecule has 1 saturated heterocycles. The summed E-state index contributed by atoms with van der Waals surface area (Å²) in [5.41, 5.74) is 1.33. The van der Waals surface area contributed by atoms with Crippen LogP contribution in [-0.4, -0.2) is 63.8 Å². The number of guanidine groups is 1. The van der Waals surface area contributed by atoms with Crippen LogP contribution in [-0.2, 0) is 11.3 Å². The second kappa shape index (κ2) is 13.6. The van der Waals surface area contributed by atoms with E-state index in [1.165, 1.54) is 46.6 Å². The van der Waals surface area contributed by atoms with Gasteiger partial charge in [-0.15, -0.1) is 24.0 Å². The predicted octanol–water partition coefficient (Wildman–Crippen LogP) is 2.64. The van der Waals surface area contributed by atoms with E-state index in [-0.39, 0.29) is 24.0 Å². The van der Waals surface area contributed by atoms with Crippen LogP contribution < -0.4 is 15.4 Å². The molecule has 0 amide bonds. The molecule has 2 rings (SSSR count). The number of methoxy groups -OCH3 is 2. The van der Waals surface area contributed by atoms with Gasteiger partial charge in [0.2, 0.25) is 0 Å². The summed E-state index contributed by atoms with van der Waals surface area (Å²) >= 11 is 0. The summed E-state index contributed by atoms with van der Waals surface area (Å²) in [6, 6.07) is 5.45. The van der Waals surface area contributed by atoms with Gasteiger partial charge in [0.1, 0.15) is 11.3 Å². The highest BCUT2D eigenvalue weighted by molar-refractivity contribution is 14.0. The van der Waals surface area contributed by atoms with E-state index in [0.717, 1.165) is 31.2 Å². The van der Waals surface area contributed by atoms with Crippen molar-refractivity contribution >= 4 is 35.9 Å². The zero-order valence-electron chi connectivity index (χ0n) is 17.1. The number of hydrogen-bond donors (Lipinski definition) is 2. The van der Waals surface area contributed by atoms with Gasteiger partial charge in [-0.05, 0) is 50.6 Å². The average Bonchev–Trinajstić information content (AvgIpc) is 2.72. The van der Waals surface area contributed by atoms with Gasteiger partial charge in [-0.3, -0.25) is 0 Å². The third-order valence-corrected chi connectivity index (χ3v) is 4.60. The summed E-state index contributed by atoms with van der Waals surface area (Å²) in [5.74, 6) is 0.871. The van der Waals surface area contributed by atoms with Gasteiger partial charge in [0.15, 0.2) is 5.96 Å². The number of carbonyl (C=O) groups excluding carboxylic acids is 1. The maximum atomic E-state index is 11.9. The second-order valence-electron chi connectivity index (χ2n) is 6.55. The zero-order chi connectivity index (χ0) is 19.5. The lowest BCUT2D eigenvalue weighted by Gasteiger charge is -2.26. The van der Waals surface area contributed by atoms with Gasteiger partial charge < -0.3 is 25.0 Å². The zero-order valence-corrected chi connectivity index (χ0v) is 19.5. The normalized spacial score (nSPS) is 14.8. The lowest BCUT2D eigenvalue weighted by atomic mass is 10.1. The van der Waals surface area contributed by atoms with Crippen LogP contribution in [0.25, 0.3) is 0 Å². The molecule has 8 heteroatoms. The highest BCUT2D eigenvalue weighted by Crippen LogP contribution is 2.21. The molecule has 158 valence electrons. The summed E-state index contributed by atoms with van der Waals surface area (Å²) in [5, 5.41) is 6.66. The molecule has 1 aliphatic rings. The van der Waals surface area contributed by atoms with Crippen LogP contribution in [0.2, 0.25) is 0 Å². The summed E-state index contributed by atoms with van der Waals surface area (Å²) in [6.07, 6.45) is 3.95. The van der Waals surface area contributed by atoms with E-state index >= 15 is 0 Å². The Kier molecular flexibility index (Phi) is 11.9. The molecule has 0 spiro atoms. The lowest BCUT2D eigenvalue weighted by Crippen LogP contribution is -2.42. The molecule has 28 heavy (non-hydrogen) atoms. The molecule has 1 aliphatic heterocycles. The van der Waals surface area contributed by atoms with Crippen molar-refractivity contribution in [3.05, 3.63) is 29.3 Å². The van der Waals surface area contributed by atoms with E-state index in [9.17, 15) is 4.79 Å². The van der Waals surface area contributed by atoms with Crippen LogP contribution in [0, 0.1) is 0 Å². The molecule has 1 aromatic carbocycles. The number of ether oxygens (including phenoxy) is 2. The maximum Gasteiger partial charge on any atom is 0.341 e. The number of likely N-dealkylation sites (tertiary alicyclic amines) is 1. The Morgan fingerprint density at radius 3 is 2.57 bits per heavy atom. The molecule has 0 unspecified atom stereocenters. The van der Waals surface area contributed by atoms with Gasteiger partial charge in [-0.25, -0.2) is 9.79 Å². The molecule has 0 bridgehead atoms. The quantitative estimate of drug-likeness (QED) is 0.246. The number of nitrogens with zero attached hydrogens (tertiary/aromatic N) is 2. The van der Waals surface area contributed by atoms with Crippen molar-refractivity contribution < 1.29 is 14.3 Å². The minimum absolute atomic E-state index is 0. The van der Waals surface area contributed by atoms with Crippen LogP contribution in [0.15, 0.2) is 23.2 Å². The summed E-state index contributed by atoms with van der Waals surface area (Å²) < 4.78 is 10.1. The number of esters is 1. The molecule has 0 radical (unpaired) electrons. The highest BCUT2D eigenvalue weighted by atomic mass is 127. The van der Waals surface area contributed by atoms with Crippen molar-refractivity contribution in [3.63, 3.8) is 0 Å². The van der Waals surface area contributed by atoms with Crippen molar-refractivity contribution in [3.8, 4) is 5.75 Å². The minimum atomic E-state index is -0.413. The largest absolute Gasteiger partial charge is 0.496 e. The lowest BCUT2D eigenvalue weighted by molar-refractivity contribution is 0.0597. The molecule has 7 nitrogen and oxygen atoms in total. The molecule has 1 fully saturated rings. The molecule has 1 heterocycles. The van der Waals surface area contributed by atoms with Gasteiger partial charge in [-0.1, -0.05) is 12.5 Å². The highest BCUT2D eigenvalue weighted by Gasteiger charge is 2.13. The van der Waals surface area contributed by atoms with Crippen molar-refractivity contribution in [2.45, 2.75) is 32.7 Å². The number of piperidine rings is 1. The summed E-state index contributed by atoms with van der Waals surface area (Å²) in [7, 11) is 2.90. The first kappa shape index (κ1) is 24.5. The Morgan fingerprint density at radius 2 is 1.93 bits per heavy atom. The Labute approximate surface area is 185 Å². The monoisotopic (exact) mass is 504 g/mol. The van der Waals surface area contributed by atoms with Crippen LogP contribution in [0.4, 0.5) is 0 Å². The fourth-order valence-corrected chi connectivity index (χ4v) is 3.15. The molecule has 2 N–H and O–H groups in total. The number of carbonyl (C=O) groups is 1. The van der Waals surface area contributed by atoms with E-state index in [4.69, 9.17) is 9.47 Å². The fraction of sp³-hybridized carbons (Fsp3) is 0.600. The number of benzene rings is 1. The number of nitrogens with one attached hydrogen (secondary N) is 2. The first-order valence-electron chi connectivity index (χ1n) is 9.67. The average molecular weight is 504 g/mol. The Morgan fingerprint density at radius 1 is 1.18 bits per heavy atom. The van der Waals surface area contributed by atoms with Gasteiger partial charge in [0.25, 0.3) is 0 Å². The number of halogens is 1. The van der Waals surface area contributed by atoms with E-state index in [2.05, 4.69) is 20.5 Å². The van der Waals surface area contributed by atoms with Crippen molar-refractivity contribution in [1.82, 2.24) is 15.5 Å². The van der Waals surface area contributed by atoms with Crippen molar-refractivity contribution in [2.75, 3.05) is 46.9 Å². The second-order valence-corrected chi connectivity index (χ2v) is 6.55. The SMILES string of the molecule is CCNC(=NCc1ccc(OC)c(C(=O)OC)c1)NCCN1CCCCC1.I. The number of rotatable bonds is 8. The van der Waals surface area contributed by atoms with Gasteiger partial charge in [-0.2, -0.15) is 0 Å². The first-order chi connectivity index (χ1) is 13.2. The van der Waals surface area contributed by atoms with Crippen LogP contribution in [0.3, 0.4) is 0 Å². The molecule has 0 aliphatic carbocycles. The van der Waals surface area contributed by atoms with Gasteiger partial charge >= 0.3 is 5.97 Å². The fourth-order valence-electron chi connectivity index (χ4n) is 3.15. The first-order valence-corrected chi connectivity index (χ1v) is 9.67. The molecule has 0 atom stereocenters. The molecular weight excluding hydrogens is 471 g/mol. The van der Waals surface area contributed by atoms with Crippen LogP contribution >= 0.6 is 24.0 Å². The minimum Gasteiger partial charge on any atom is -0.496 e.